The molecule has 0 spiro atoms. The fraction of sp³-hybridized carbons (Fsp3) is 0.345. The van der Waals surface area contributed by atoms with Crippen molar-refractivity contribution in [3.8, 4) is 5.75 Å². The summed E-state index contributed by atoms with van der Waals surface area (Å²) in [6, 6.07) is 15.9. The van der Waals surface area contributed by atoms with Gasteiger partial charge in [0.15, 0.2) is 0 Å². The summed E-state index contributed by atoms with van der Waals surface area (Å²) in [4.78, 5) is 28.5. The second kappa shape index (κ2) is 12.0. The van der Waals surface area contributed by atoms with Crippen LogP contribution in [0.3, 0.4) is 0 Å². The number of nitro benzene ring substituents is 1. The highest BCUT2D eigenvalue weighted by molar-refractivity contribution is 7.93. The lowest BCUT2D eigenvalue weighted by atomic mass is 10.1. The second-order valence-electron chi connectivity index (χ2n) is 10.1. The molecule has 12 heteroatoms. The number of piperidine rings is 1. The Morgan fingerprint density at radius 2 is 1.51 bits per heavy atom. The van der Waals surface area contributed by atoms with Crippen molar-refractivity contribution in [1.82, 2.24) is 0 Å². The van der Waals surface area contributed by atoms with Gasteiger partial charge in [0.25, 0.3) is 21.6 Å². The third-order valence-electron chi connectivity index (χ3n) is 7.44. The first-order valence-electron chi connectivity index (χ1n) is 13.7. The first-order valence-corrected chi connectivity index (χ1v) is 15.1. The fourth-order valence-corrected chi connectivity index (χ4v) is 6.69. The quantitative estimate of drug-likeness (QED) is 0.259. The molecule has 11 nitrogen and oxygen atoms in total. The molecule has 2 aliphatic heterocycles. The Kier molecular flexibility index (Phi) is 8.29. The predicted molar refractivity (Wildman–Crippen MR) is 159 cm³/mol. The lowest BCUT2D eigenvalue weighted by molar-refractivity contribution is -0.384. The molecule has 3 aromatic carbocycles. The van der Waals surface area contributed by atoms with Gasteiger partial charge in [-0.2, -0.15) is 0 Å². The first kappa shape index (κ1) is 28.2. The highest BCUT2D eigenvalue weighted by Crippen LogP contribution is 2.35. The van der Waals surface area contributed by atoms with Gasteiger partial charge in [0.1, 0.15) is 16.3 Å². The number of sulfonamides is 1. The van der Waals surface area contributed by atoms with E-state index in [9.17, 15) is 23.3 Å². The Balaban J connectivity index is 1.46. The summed E-state index contributed by atoms with van der Waals surface area (Å²) in [6.45, 7) is 2.90. The van der Waals surface area contributed by atoms with Gasteiger partial charge in [0.2, 0.25) is 0 Å². The molecule has 1 amide bonds. The zero-order chi connectivity index (χ0) is 29.0. The number of carbonyl (C=O) groups excluding carboxylic acids is 1. The molecule has 0 unspecified atom stereocenters. The number of benzene rings is 3. The van der Waals surface area contributed by atoms with Crippen LogP contribution in [0.1, 0.15) is 42.5 Å². The molecule has 0 bridgehead atoms. The van der Waals surface area contributed by atoms with Gasteiger partial charge in [-0.1, -0.05) is 12.1 Å². The van der Waals surface area contributed by atoms with Crippen LogP contribution in [0, 0.1) is 10.1 Å². The van der Waals surface area contributed by atoms with Crippen LogP contribution in [-0.4, -0.2) is 52.5 Å². The van der Waals surface area contributed by atoms with Crippen LogP contribution in [0.5, 0.6) is 5.75 Å². The first-order chi connectivity index (χ1) is 19.8. The van der Waals surface area contributed by atoms with Crippen molar-refractivity contribution in [3.63, 3.8) is 0 Å². The molecule has 2 aliphatic rings. The fourth-order valence-electron chi connectivity index (χ4n) is 5.37. The van der Waals surface area contributed by atoms with Crippen LogP contribution in [0.2, 0.25) is 0 Å². The average Bonchev–Trinajstić information content (AvgIpc) is 3.52. The summed E-state index contributed by atoms with van der Waals surface area (Å²) in [5.41, 5.74) is 1.55. The lowest BCUT2D eigenvalue weighted by Gasteiger charge is -2.30. The number of hydrogen-bond donors (Lipinski definition) is 2. The van der Waals surface area contributed by atoms with E-state index in [1.54, 1.807) is 48.5 Å². The van der Waals surface area contributed by atoms with E-state index in [1.807, 2.05) is 9.80 Å². The average molecular weight is 580 g/mol. The van der Waals surface area contributed by atoms with Crippen molar-refractivity contribution in [2.24, 2.45) is 0 Å². The largest absolute Gasteiger partial charge is 0.495 e. The molecule has 0 aromatic heterocycles. The maximum absolute atomic E-state index is 13.7. The lowest BCUT2D eigenvalue weighted by Crippen LogP contribution is -2.31. The number of ether oxygens (including phenoxy) is 1. The maximum Gasteiger partial charge on any atom is 0.293 e. The number of methoxy groups -OCH3 is 1. The summed E-state index contributed by atoms with van der Waals surface area (Å²) >= 11 is 0. The summed E-state index contributed by atoms with van der Waals surface area (Å²) in [5, 5.41) is 14.5. The summed E-state index contributed by atoms with van der Waals surface area (Å²) in [6.07, 6.45) is 4.90. The molecule has 0 saturated carbocycles. The minimum absolute atomic E-state index is 0.0125. The Morgan fingerprint density at radius 3 is 2.20 bits per heavy atom. The highest BCUT2D eigenvalue weighted by Gasteiger charge is 2.27. The zero-order valence-electron chi connectivity index (χ0n) is 22.8. The number of para-hydroxylation sites is 2. The Hall–Kier alpha value is -4.32. The van der Waals surface area contributed by atoms with E-state index in [1.165, 1.54) is 19.2 Å². The van der Waals surface area contributed by atoms with Crippen molar-refractivity contribution >= 4 is 44.4 Å². The number of nitrogens with zero attached hydrogens (tertiary/aromatic N) is 3. The van der Waals surface area contributed by atoms with Crippen molar-refractivity contribution < 1.29 is 22.9 Å². The second-order valence-corrected chi connectivity index (χ2v) is 11.8. The number of hydrogen-bond acceptors (Lipinski definition) is 8. The van der Waals surface area contributed by atoms with E-state index in [0.717, 1.165) is 58.3 Å². The Labute approximate surface area is 239 Å². The van der Waals surface area contributed by atoms with Gasteiger partial charge in [-0.3, -0.25) is 19.6 Å². The van der Waals surface area contributed by atoms with E-state index >= 15 is 0 Å². The number of nitro groups is 1. The summed E-state index contributed by atoms with van der Waals surface area (Å²) in [7, 11) is -2.64. The van der Waals surface area contributed by atoms with Gasteiger partial charge < -0.3 is 19.9 Å². The number of nitrogens with one attached hydrogen (secondary N) is 2. The minimum Gasteiger partial charge on any atom is -0.495 e. The van der Waals surface area contributed by atoms with Crippen LogP contribution in [0.15, 0.2) is 65.6 Å². The maximum atomic E-state index is 13.7. The monoisotopic (exact) mass is 579 g/mol. The third-order valence-corrected chi connectivity index (χ3v) is 8.83. The Morgan fingerprint density at radius 1 is 0.878 bits per heavy atom. The SMILES string of the molecule is COc1ccccc1NS(=O)(=O)c1cc(NC(=O)c2ccc(N3CCCC3)c([N+](=O)[O-])c2)ccc1N1CCCCC1. The molecular weight excluding hydrogens is 546 g/mol. The molecule has 216 valence electrons. The number of anilines is 4. The predicted octanol–water partition coefficient (Wildman–Crippen LogP) is 5.25. The van der Waals surface area contributed by atoms with Crippen molar-refractivity contribution in [2.75, 3.05) is 53.1 Å². The molecule has 2 saturated heterocycles. The molecule has 2 fully saturated rings. The standard InChI is InChI=1S/C29H33N5O6S/c1-40-27-10-4-3-9-23(27)31-41(38,39)28-20-22(12-14-25(28)33-15-5-2-6-16-33)30-29(35)21-11-13-24(26(19-21)34(36)37)32-17-7-8-18-32/h3-4,9-14,19-20,31H,2,5-8,15-18H2,1H3,(H,30,35). The number of amides is 1. The van der Waals surface area contributed by atoms with Crippen LogP contribution in [-0.2, 0) is 10.0 Å². The molecule has 0 atom stereocenters. The third kappa shape index (κ3) is 6.22. The van der Waals surface area contributed by atoms with E-state index in [0.29, 0.717) is 22.8 Å². The van der Waals surface area contributed by atoms with Crippen LogP contribution < -0.4 is 24.6 Å². The molecule has 3 aromatic rings. The Bertz CT molecular complexity index is 1550. The molecule has 5 rings (SSSR count). The van der Waals surface area contributed by atoms with Crippen molar-refractivity contribution in [1.29, 1.82) is 0 Å². The van der Waals surface area contributed by atoms with Gasteiger partial charge in [-0.25, -0.2) is 8.42 Å². The van der Waals surface area contributed by atoms with E-state index < -0.39 is 20.9 Å². The summed E-state index contributed by atoms with van der Waals surface area (Å²) in [5.74, 6) is -0.202. The van der Waals surface area contributed by atoms with Gasteiger partial charge in [0.05, 0.1) is 23.4 Å². The highest BCUT2D eigenvalue weighted by atomic mass is 32.2. The summed E-state index contributed by atoms with van der Waals surface area (Å²) < 4.78 is 35.4. The molecule has 2 N–H and O–H groups in total. The number of carbonyl (C=O) groups is 1. The zero-order valence-corrected chi connectivity index (χ0v) is 23.7. The van der Waals surface area contributed by atoms with Gasteiger partial charge in [-0.05, 0) is 74.6 Å². The van der Waals surface area contributed by atoms with Gasteiger partial charge in [-0.15, -0.1) is 0 Å². The topological polar surface area (TPSA) is 134 Å². The van der Waals surface area contributed by atoms with Crippen molar-refractivity contribution in [2.45, 2.75) is 37.0 Å². The van der Waals surface area contributed by atoms with Crippen molar-refractivity contribution in [3.05, 3.63) is 76.3 Å². The van der Waals surface area contributed by atoms with E-state index in [2.05, 4.69) is 10.0 Å². The van der Waals surface area contributed by atoms with Crippen LogP contribution in [0.25, 0.3) is 0 Å². The van der Waals surface area contributed by atoms with Crippen LogP contribution in [0.4, 0.5) is 28.4 Å². The molecule has 41 heavy (non-hydrogen) atoms. The minimum atomic E-state index is -4.10. The molecule has 0 aliphatic carbocycles. The molecule has 0 radical (unpaired) electrons. The van der Waals surface area contributed by atoms with E-state index in [4.69, 9.17) is 4.74 Å². The normalized spacial score (nSPS) is 15.4. The molecule has 2 heterocycles. The molecular formula is C29H33N5O6S. The number of rotatable bonds is 9. The smallest absolute Gasteiger partial charge is 0.293 e. The van der Waals surface area contributed by atoms with E-state index in [-0.39, 0.29) is 21.8 Å². The van der Waals surface area contributed by atoms with Gasteiger partial charge >= 0.3 is 0 Å². The van der Waals surface area contributed by atoms with Crippen LogP contribution >= 0.6 is 0 Å². The van der Waals surface area contributed by atoms with Gasteiger partial charge in [0, 0.05) is 43.5 Å².